The van der Waals surface area contributed by atoms with Gasteiger partial charge in [0.15, 0.2) is 0 Å². The number of hydrogen-bond acceptors (Lipinski definition) is 7. The summed E-state index contributed by atoms with van der Waals surface area (Å²) in [5.41, 5.74) is 3.73. The number of carbonyl (C=O) groups is 2. The zero-order valence-corrected chi connectivity index (χ0v) is 16.0. The van der Waals surface area contributed by atoms with E-state index in [9.17, 15) is 18.0 Å². The van der Waals surface area contributed by atoms with Crippen molar-refractivity contribution in [2.24, 2.45) is 0 Å². The fourth-order valence-corrected chi connectivity index (χ4v) is 2.87. The number of rotatable bonds is 2. The van der Waals surface area contributed by atoms with E-state index in [1.807, 2.05) is 0 Å². The van der Waals surface area contributed by atoms with Crippen LogP contribution >= 0.6 is 0 Å². The SMILES string of the molecule is CC(C)(C)OC(=O)N(C(=O)OC(C)(C)C)S(=O)(=O)c1cccc(N)c1. The number of hydrogen-bond donors (Lipinski definition) is 1. The number of amides is 2. The molecule has 0 saturated carbocycles. The van der Waals surface area contributed by atoms with Crippen molar-refractivity contribution < 1.29 is 27.5 Å². The van der Waals surface area contributed by atoms with Gasteiger partial charge in [0, 0.05) is 5.69 Å². The minimum Gasteiger partial charge on any atom is -0.443 e. The van der Waals surface area contributed by atoms with Crippen LogP contribution in [0.1, 0.15) is 41.5 Å². The van der Waals surface area contributed by atoms with Crippen molar-refractivity contribution in [1.29, 1.82) is 0 Å². The van der Waals surface area contributed by atoms with E-state index < -0.39 is 33.4 Å². The summed E-state index contributed by atoms with van der Waals surface area (Å²) >= 11 is 0. The normalized spacial score (nSPS) is 12.4. The first-order valence-corrected chi connectivity index (χ1v) is 8.94. The average Bonchev–Trinajstić information content (AvgIpc) is 2.33. The first-order valence-electron chi connectivity index (χ1n) is 7.50. The lowest BCUT2D eigenvalue weighted by Gasteiger charge is -2.28. The lowest BCUT2D eigenvalue weighted by atomic mass is 10.2. The molecule has 0 aliphatic heterocycles. The third kappa shape index (κ3) is 5.93. The predicted octanol–water partition coefficient (Wildman–Crippen LogP) is 3.13. The zero-order valence-electron chi connectivity index (χ0n) is 15.2. The Morgan fingerprint density at radius 3 is 1.76 bits per heavy atom. The highest BCUT2D eigenvalue weighted by Crippen LogP contribution is 2.23. The fraction of sp³-hybridized carbons (Fsp3) is 0.500. The van der Waals surface area contributed by atoms with Gasteiger partial charge in [0.1, 0.15) is 11.2 Å². The Morgan fingerprint density at radius 1 is 0.960 bits per heavy atom. The average molecular weight is 372 g/mol. The maximum Gasteiger partial charge on any atom is 0.434 e. The van der Waals surface area contributed by atoms with Gasteiger partial charge in [0.05, 0.1) is 4.90 Å². The van der Waals surface area contributed by atoms with Crippen molar-refractivity contribution in [2.75, 3.05) is 5.73 Å². The summed E-state index contributed by atoms with van der Waals surface area (Å²) < 4.78 is 35.7. The van der Waals surface area contributed by atoms with Gasteiger partial charge in [-0.3, -0.25) is 0 Å². The van der Waals surface area contributed by atoms with Crippen LogP contribution in [0.15, 0.2) is 29.2 Å². The summed E-state index contributed by atoms with van der Waals surface area (Å²) in [6.45, 7) is 9.28. The molecule has 0 unspecified atom stereocenters. The van der Waals surface area contributed by atoms with Gasteiger partial charge in [0.25, 0.3) is 10.0 Å². The van der Waals surface area contributed by atoms with E-state index >= 15 is 0 Å². The van der Waals surface area contributed by atoms with Crippen LogP contribution < -0.4 is 5.73 Å². The largest absolute Gasteiger partial charge is 0.443 e. The molecule has 140 valence electrons. The Balaban J connectivity index is 3.39. The second-order valence-corrected chi connectivity index (χ2v) is 9.09. The minimum absolute atomic E-state index is 0.0295. The number of carbonyl (C=O) groups excluding carboxylic acids is 2. The summed E-state index contributed by atoms with van der Waals surface area (Å²) in [4.78, 5) is 24.4. The van der Waals surface area contributed by atoms with E-state index in [2.05, 4.69) is 0 Å². The highest BCUT2D eigenvalue weighted by molar-refractivity contribution is 7.90. The van der Waals surface area contributed by atoms with Crippen molar-refractivity contribution >= 4 is 27.9 Å². The Labute approximate surface area is 147 Å². The van der Waals surface area contributed by atoms with E-state index in [-0.39, 0.29) is 14.9 Å². The number of anilines is 1. The van der Waals surface area contributed by atoms with Gasteiger partial charge in [-0.15, -0.1) is 0 Å². The maximum atomic E-state index is 12.8. The van der Waals surface area contributed by atoms with Gasteiger partial charge in [-0.05, 0) is 59.7 Å². The Hall–Kier alpha value is -2.29. The Kier molecular flexibility index (Phi) is 5.74. The number of ether oxygens (including phenoxy) is 2. The number of nitrogens with zero attached hydrogens (tertiary/aromatic N) is 1. The molecule has 8 nitrogen and oxygen atoms in total. The molecule has 0 aromatic heterocycles. The van der Waals surface area contributed by atoms with Crippen molar-refractivity contribution in [1.82, 2.24) is 4.31 Å². The monoisotopic (exact) mass is 372 g/mol. The summed E-state index contributed by atoms with van der Waals surface area (Å²) in [5.74, 6) is 0. The first-order chi connectivity index (χ1) is 11.1. The summed E-state index contributed by atoms with van der Waals surface area (Å²) in [7, 11) is -4.56. The number of nitrogens with two attached hydrogens (primary N) is 1. The van der Waals surface area contributed by atoms with Gasteiger partial charge in [-0.25, -0.2) is 18.0 Å². The molecule has 0 radical (unpaired) electrons. The molecule has 0 bridgehead atoms. The first kappa shape index (κ1) is 20.8. The van der Waals surface area contributed by atoms with Gasteiger partial charge >= 0.3 is 12.2 Å². The van der Waals surface area contributed by atoms with Gasteiger partial charge in [-0.2, -0.15) is 0 Å². The van der Waals surface area contributed by atoms with Crippen LogP contribution in [0.2, 0.25) is 0 Å². The molecule has 2 N–H and O–H groups in total. The molecule has 0 fully saturated rings. The predicted molar refractivity (Wildman–Crippen MR) is 92.3 cm³/mol. The van der Waals surface area contributed by atoms with Crippen LogP contribution in [-0.4, -0.2) is 36.1 Å². The highest BCUT2D eigenvalue weighted by Gasteiger charge is 2.41. The molecular formula is C16H24N2O6S. The van der Waals surface area contributed by atoms with Crippen LogP contribution in [0.25, 0.3) is 0 Å². The summed E-state index contributed by atoms with van der Waals surface area (Å²) in [6.07, 6.45) is -2.71. The Morgan fingerprint density at radius 2 is 1.40 bits per heavy atom. The van der Waals surface area contributed by atoms with E-state index in [0.29, 0.717) is 0 Å². The molecule has 0 saturated heterocycles. The van der Waals surface area contributed by atoms with Crippen LogP contribution in [0, 0.1) is 0 Å². The van der Waals surface area contributed by atoms with Gasteiger partial charge in [-0.1, -0.05) is 10.4 Å². The molecule has 1 aromatic rings. The molecule has 1 aromatic carbocycles. The van der Waals surface area contributed by atoms with Crippen LogP contribution in [0.3, 0.4) is 0 Å². The smallest absolute Gasteiger partial charge is 0.434 e. The lowest BCUT2D eigenvalue weighted by Crippen LogP contribution is -2.46. The van der Waals surface area contributed by atoms with Gasteiger partial charge in [0.2, 0.25) is 0 Å². The zero-order chi connectivity index (χ0) is 19.6. The number of nitrogen functional groups attached to an aromatic ring is 1. The van der Waals surface area contributed by atoms with Crippen molar-refractivity contribution in [3.8, 4) is 0 Å². The van der Waals surface area contributed by atoms with Crippen LogP contribution in [0.4, 0.5) is 15.3 Å². The van der Waals surface area contributed by atoms with Crippen LogP contribution in [0.5, 0.6) is 0 Å². The van der Waals surface area contributed by atoms with E-state index in [0.717, 1.165) is 6.07 Å². The van der Waals surface area contributed by atoms with E-state index in [1.54, 1.807) is 41.5 Å². The molecule has 25 heavy (non-hydrogen) atoms. The summed E-state index contributed by atoms with van der Waals surface area (Å²) in [6, 6.07) is 5.22. The molecular weight excluding hydrogens is 348 g/mol. The van der Waals surface area contributed by atoms with E-state index in [4.69, 9.17) is 15.2 Å². The molecule has 0 aliphatic rings. The molecule has 1 rings (SSSR count). The standard InChI is InChI=1S/C16H24N2O6S/c1-15(2,3)23-13(19)18(14(20)24-16(4,5)6)25(21,22)12-9-7-8-11(17)10-12/h7-10H,17H2,1-6H3. The number of imide groups is 1. The molecule has 9 heteroatoms. The maximum absolute atomic E-state index is 12.8. The second-order valence-electron chi connectivity index (χ2n) is 7.30. The fourth-order valence-electron chi connectivity index (χ4n) is 1.66. The van der Waals surface area contributed by atoms with Crippen molar-refractivity contribution in [3.05, 3.63) is 24.3 Å². The highest BCUT2D eigenvalue weighted by atomic mass is 32.2. The number of sulfonamides is 1. The number of benzene rings is 1. The Bertz CT molecular complexity index is 732. The second kappa shape index (κ2) is 6.91. The molecule has 0 spiro atoms. The quantitative estimate of drug-likeness (QED) is 0.793. The molecule has 0 aliphatic carbocycles. The topological polar surface area (TPSA) is 116 Å². The lowest BCUT2D eigenvalue weighted by molar-refractivity contribution is 0.0174. The third-order valence-corrected chi connectivity index (χ3v) is 4.14. The van der Waals surface area contributed by atoms with Crippen molar-refractivity contribution in [3.63, 3.8) is 0 Å². The van der Waals surface area contributed by atoms with Crippen LogP contribution in [-0.2, 0) is 19.5 Å². The van der Waals surface area contributed by atoms with Gasteiger partial charge < -0.3 is 15.2 Å². The minimum atomic E-state index is -4.56. The van der Waals surface area contributed by atoms with Crippen molar-refractivity contribution in [2.45, 2.75) is 57.6 Å². The summed E-state index contributed by atoms with van der Waals surface area (Å²) in [5, 5.41) is 0. The molecule has 2 amide bonds. The van der Waals surface area contributed by atoms with E-state index in [1.165, 1.54) is 18.2 Å². The molecule has 0 atom stereocenters. The molecule has 0 heterocycles. The third-order valence-electron chi connectivity index (χ3n) is 2.51.